The average Bonchev–Trinajstić information content (AvgIpc) is 3.09. The Bertz CT molecular complexity index is 722. The Morgan fingerprint density at radius 3 is 2.30 bits per heavy atom. The molecule has 2 aromatic carbocycles. The molecule has 118 valence electrons. The molecule has 0 aliphatic rings. The molecule has 0 radical (unpaired) electrons. The zero-order chi connectivity index (χ0) is 15.9. The minimum atomic E-state index is -0.00646. The first-order chi connectivity index (χ1) is 11.3. The zero-order valence-corrected chi connectivity index (χ0v) is 12.5. The van der Waals surface area contributed by atoms with Crippen LogP contribution in [-0.2, 0) is 6.61 Å². The minimum Gasteiger partial charge on any atom is -0.491 e. The number of benzene rings is 2. The van der Waals surface area contributed by atoms with Crippen LogP contribution in [0.25, 0.3) is 11.3 Å². The number of hydrogen-bond donors (Lipinski definition) is 1. The van der Waals surface area contributed by atoms with Crippen molar-refractivity contribution in [2.24, 2.45) is 0 Å². The van der Waals surface area contributed by atoms with Gasteiger partial charge >= 0.3 is 0 Å². The number of aliphatic hydroxyl groups is 1. The van der Waals surface area contributed by atoms with Crippen LogP contribution in [0.2, 0.25) is 0 Å². The van der Waals surface area contributed by atoms with Gasteiger partial charge in [-0.05, 0) is 24.3 Å². The molecule has 0 aliphatic heterocycles. The predicted octanol–water partition coefficient (Wildman–Crippen LogP) is 3.29. The molecule has 1 aromatic heterocycles. The summed E-state index contributed by atoms with van der Waals surface area (Å²) in [5, 5.41) is 12.8. The Kier molecular flexibility index (Phi) is 4.91. The molecule has 0 bridgehead atoms. The van der Waals surface area contributed by atoms with E-state index in [4.69, 9.17) is 19.1 Å². The van der Waals surface area contributed by atoms with Gasteiger partial charge in [-0.3, -0.25) is 0 Å². The van der Waals surface area contributed by atoms with E-state index in [9.17, 15) is 0 Å². The highest BCUT2D eigenvalue weighted by molar-refractivity contribution is 5.58. The number of aliphatic hydroxyl groups excluding tert-OH is 1. The predicted molar refractivity (Wildman–Crippen MR) is 85.3 cm³/mol. The van der Waals surface area contributed by atoms with E-state index in [2.05, 4.69) is 5.16 Å². The summed E-state index contributed by atoms with van der Waals surface area (Å²) in [5.74, 6) is 2.06. The molecule has 0 spiro atoms. The van der Waals surface area contributed by atoms with Crippen LogP contribution in [0.1, 0.15) is 5.76 Å². The SMILES string of the molecule is OCCOc1ccc(OCc2cc(-c3ccccc3)no2)cc1. The highest BCUT2D eigenvalue weighted by Crippen LogP contribution is 2.21. The third kappa shape index (κ3) is 4.11. The largest absolute Gasteiger partial charge is 0.491 e. The quantitative estimate of drug-likeness (QED) is 0.725. The lowest BCUT2D eigenvalue weighted by Crippen LogP contribution is -2.01. The van der Waals surface area contributed by atoms with Gasteiger partial charge in [0.1, 0.15) is 30.4 Å². The fourth-order valence-electron chi connectivity index (χ4n) is 2.08. The second-order valence-electron chi connectivity index (χ2n) is 4.88. The highest BCUT2D eigenvalue weighted by atomic mass is 16.5. The van der Waals surface area contributed by atoms with Crippen molar-refractivity contribution in [3.8, 4) is 22.8 Å². The molecular weight excluding hydrogens is 294 g/mol. The highest BCUT2D eigenvalue weighted by Gasteiger charge is 2.07. The van der Waals surface area contributed by atoms with E-state index in [1.807, 2.05) is 36.4 Å². The number of ether oxygens (including phenoxy) is 2. The molecule has 0 atom stereocenters. The molecular formula is C18H17NO4. The van der Waals surface area contributed by atoms with Crippen molar-refractivity contribution in [1.82, 2.24) is 5.16 Å². The summed E-state index contributed by atoms with van der Waals surface area (Å²) < 4.78 is 16.2. The van der Waals surface area contributed by atoms with Gasteiger partial charge in [0.05, 0.1) is 6.61 Å². The summed E-state index contributed by atoms with van der Waals surface area (Å²) in [6.45, 7) is 0.574. The van der Waals surface area contributed by atoms with E-state index in [1.165, 1.54) is 0 Å². The lowest BCUT2D eigenvalue weighted by atomic mass is 10.1. The molecule has 0 fully saturated rings. The number of rotatable bonds is 7. The molecule has 0 unspecified atom stereocenters. The van der Waals surface area contributed by atoms with Crippen LogP contribution in [-0.4, -0.2) is 23.5 Å². The van der Waals surface area contributed by atoms with Crippen LogP contribution in [0.3, 0.4) is 0 Å². The van der Waals surface area contributed by atoms with Crippen molar-refractivity contribution < 1.29 is 19.1 Å². The van der Waals surface area contributed by atoms with Crippen molar-refractivity contribution in [1.29, 1.82) is 0 Å². The monoisotopic (exact) mass is 311 g/mol. The standard InChI is InChI=1S/C18H17NO4/c20-10-11-21-15-6-8-16(9-7-15)22-13-17-12-18(19-23-17)14-4-2-1-3-5-14/h1-9,12,20H,10-11,13H2. The van der Waals surface area contributed by atoms with Crippen LogP contribution < -0.4 is 9.47 Å². The molecule has 0 saturated carbocycles. The van der Waals surface area contributed by atoms with Gasteiger partial charge < -0.3 is 19.1 Å². The Balaban J connectivity index is 1.57. The molecule has 0 aliphatic carbocycles. The first kappa shape index (κ1) is 15.1. The summed E-state index contributed by atoms with van der Waals surface area (Å²) >= 11 is 0. The summed E-state index contributed by atoms with van der Waals surface area (Å²) in [4.78, 5) is 0. The van der Waals surface area contributed by atoms with Crippen LogP contribution in [0.15, 0.2) is 65.2 Å². The first-order valence-electron chi connectivity index (χ1n) is 7.33. The maximum atomic E-state index is 8.71. The van der Waals surface area contributed by atoms with Gasteiger partial charge in [-0.2, -0.15) is 0 Å². The van der Waals surface area contributed by atoms with E-state index in [-0.39, 0.29) is 13.2 Å². The van der Waals surface area contributed by atoms with Gasteiger partial charge in [-0.15, -0.1) is 0 Å². The van der Waals surface area contributed by atoms with Gasteiger partial charge in [0.2, 0.25) is 0 Å². The molecule has 3 rings (SSSR count). The van der Waals surface area contributed by atoms with Gasteiger partial charge in [0.25, 0.3) is 0 Å². The zero-order valence-electron chi connectivity index (χ0n) is 12.5. The fraction of sp³-hybridized carbons (Fsp3) is 0.167. The van der Waals surface area contributed by atoms with Gasteiger partial charge in [0, 0.05) is 11.6 Å². The second-order valence-corrected chi connectivity index (χ2v) is 4.88. The number of aromatic nitrogens is 1. The Hall–Kier alpha value is -2.79. The number of hydrogen-bond acceptors (Lipinski definition) is 5. The molecule has 1 heterocycles. The summed E-state index contributed by atoms with van der Waals surface area (Å²) in [7, 11) is 0. The molecule has 0 saturated heterocycles. The Morgan fingerprint density at radius 2 is 1.61 bits per heavy atom. The fourth-order valence-corrected chi connectivity index (χ4v) is 2.08. The first-order valence-corrected chi connectivity index (χ1v) is 7.33. The van der Waals surface area contributed by atoms with E-state index in [0.717, 1.165) is 11.3 Å². The topological polar surface area (TPSA) is 64.7 Å². The maximum Gasteiger partial charge on any atom is 0.174 e. The molecule has 3 aromatic rings. The molecule has 1 N–H and O–H groups in total. The second kappa shape index (κ2) is 7.47. The third-order valence-electron chi connectivity index (χ3n) is 3.19. The Labute approximate surface area is 134 Å². The normalized spacial score (nSPS) is 10.5. The smallest absolute Gasteiger partial charge is 0.174 e. The third-order valence-corrected chi connectivity index (χ3v) is 3.19. The number of nitrogens with zero attached hydrogens (tertiary/aromatic N) is 1. The average molecular weight is 311 g/mol. The van der Waals surface area contributed by atoms with E-state index < -0.39 is 0 Å². The molecule has 23 heavy (non-hydrogen) atoms. The van der Waals surface area contributed by atoms with Crippen LogP contribution in [0.5, 0.6) is 11.5 Å². The summed E-state index contributed by atoms with van der Waals surface area (Å²) in [5.41, 5.74) is 1.80. The van der Waals surface area contributed by atoms with Crippen molar-refractivity contribution >= 4 is 0 Å². The van der Waals surface area contributed by atoms with Gasteiger partial charge in [0.15, 0.2) is 5.76 Å². The lowest BCUT2D eigenvalue weighted by Gasteiger charge is -2.06. The maximum absolute atomic E-state index is 8.71. The van der Waals surface area contributed by atoms with E-state index in [0.29, 0.717) is 23.9 Å². The van der Waals surface area contributed by atoms with Crippen molar-refractivity contribution in [2.45, 2.75) is 6.61 Å². The summed E-state index contributed by atoms with van der Waals surface area (Å²) in [6.07, 6.45) is 0. The van der Waals surface area contributed by atoms with E-state index in [1.54, 1.807) is 24.3 Å². The van der Waals surface area contributed by atoms with Crippen molar-refractivity contribution in [3.63, 3.8) is 0 Å². The minimum absolute atomic E-state index is 0.00646. The van der Waals surface area contributed by atoms with Crippen molar-refractivity contribution in [2.75, 3.05) is 13.2 Å². The van der Waals surface area contributed by atoms with Gasteiger partial charge in [-0.25, -0.2) is 0 Å². The van der Waals surface area contributed by atoms with Gasteiger partial charge in [-0.1, -0.05) is 35.5 Å². The lowest BCUT2D eigenvalue weighted by molar-refractivity contribution is 0.201. The molecule has 5 nitrogen and oxygen atoms in total. The summed E-state index contributed by atoms with van der Waals surface area (Å²) in [6, 6.07) is 18.9. The molecule has 5 heteroatoms. The van der Waals surface area contributed by atoms with E-state index >= 15 is 0 Å². The van der Waals surface area contributed by atoms with Crippen molar-refractivity contribution in [3.05, 3.63) is 66.4 Å². The molecule has 0 amide bonds. The van der Waals surface area contributed by atoms with Crippen LogP contribution in [0.4, 0.5) is 0 Å². The van der Waals surface area contributed by atoms with Crippen LogP contribution in [0, 0.1) is 0 Å². The Morgan fingerprint density at radius 1 is 0.913 bits per heavy atom. The van der Waals surface area contributed by atoms with Crippen LogP contribution >= 0.6 is 0 Å².